The number of para-hydroxylation sites is 1. The van der Waals surface area contributed by atoms with Crippen molar-refractivity contribution in [1.29, 1.82) is 10.7 Å². The van der Waals surface area contributed by atoms with Gasteiger partial charge in [-0.2, -0.15) is 5.26 Å². The Labute approximate surface area is 259 Å². The normalized spacial score (nSPS) is 26.8. The van der Waals surface area contributed by atoms with Crippen LogP contribution in [0.25, 0.3) is 0 Å². The lowest BCUT2D eigenvalue weighted by atomic mass is 9.80. The number of benzene rings is 2. The fourth-order valence-electron chi connectivity index (χ4n) is 7.20. The van der Waals surface area contributed by atoms with Crippen molar-refractivity contribution >= 4 is 40.7 Å². The molecule has 4 aliphatic rings. The van der Waals surface area contributed by atoms with Gasteiger partial charge in [-0.1, -0.05) is 38.1 Å². The first kappa shape index (κ1) is 30.1. The number of halogens is 1. The molecule has 2 fully saturated rings. The summed E-state index contributed by atoms with van der Waals surface area (Å²) < 4.78 is 14.8. The van der Waals surface area contributed by atoms with Gasteiger partial charge in [0.1, 0.15) is 29.2 Å². The highest BCUT2D eigenvalue weighted by Gasteiger charge is 2.68. The van der Waals surface area contributed by atoms with E-state index < -0.39 is 52.5 Å². The smallest absolute Gasteiger partial charge is 0.270 e. The molecule has 11 nitrogen and oxygen atoms in total. The van der Waals surface area contributed by atoms with Crippen LogP contribution in [0.2, 0.25) is 0 Å². The number of rotatable bonds is 8. The Kier molecular flexibility index (Phi) is 7.32. The van der Waals surface area contributed by atoms with Crippen molar-refractivity contribution < 1.29 is 28.9 Å². The SMILES string of the molecule is C[NH2+]/C=C\C(=N)C(=O)NC12CC1c1ccc(F)cc1N([C@@H](CC(C)C)C(=O)N1C[C@]3(C[C@H]1C#N)C(=O)Nc1ccccc13)C2=O. The van der Waals surface area contributed by atoms with E-state index in [-0.39, 0.29) is 49.0 Å². The summed E-state index contributed by atoms with van der Waals surface area (Å²) in [5.74, 6) is -3.26. The second kappa shape index (κ2) is 10.9. The zero-order valence-corrected chi connectivity index (χ0v) is 25.3. The maximum absolute atomic E-state index is 14.8. The average molecular weight is 613 g/mol. The predicted molar refractivity (Wildman–Crippen MR) is 163 cm³/mol. The number of fused-ring (bicyclic) bond motifs is 5. The lowest BCUT2D eigenvalue weighted by Gasteiger charge is -2.41. The van der Waals surface area contributed by atoms with Crippen molar-refractivity contribution in [1.82, 2.24) is 10.2 Å². The van der Waals surface area contributed by atoms with Crippen molar-refractivity contribution in [2.45, 2.75) is 62.1 Å². The van der Waals surface area contributed by atoms with E-state index in [9.17, 15) is 28.8 Å². The molecule has 1 spiro atoms. The Hall–Kier alpha value is -4.89. The maximum atomic E-state index is 14.8. The molecule has 3 aliphatic heterocycles. The largest absolute Gasteiger partial charge is 0.336 e. The van der Waals surface area contributed by atoms with Gasteiger partial charge in [0.2, 0.25) is 11.8 Å². The van der Waals surface area contributed by atoms with E-state index in [0.29, 0.717) is 16.8 Å². The van der Waals surface area contributed by atoms with Gasteiger partial charge >= 0.3 is 0 Å². The minimum Gasteiger partial charge on any atom is -0.336 e. The highest BCUT2D eigenvalue weighted by molar-refractivity contribution is 6.42. The van der Waals surface area contributed by atoms with Crippen LogP contribution in [-0.2, 0) is 24.6 Å². The highest BCUT2D eigenvalue weighted by atomic mass is 19.1. The van der Waals surface area contributed by atoms with Crippen LogP contribution in [0.1, 0.15) is 50.2 Å². The molecule has 1 saturated carbocycles. The van der Waals surface area contributed by atoms with Gasteiger partial charge in [0, 0.05) is 30.6 Å². The van der Waals surface area contributed by atoms with Gasteiger partial charge in [-0.25, -0.2) is 4.39 Å². The molecule has 3 heterocycles. The fraction of sp³-hybridized carbons (Fsp3) is 0.394. The fourth-order valence-corrected chi connectivity index (χ4v) is 7.20. The van der Waals surface area contributed by atoms with Crippen LogP contribution in [-0.4, -0.2) is 65.5 Å². The van der Waals surface area contributed by atoms with Crippen LogP contribution in [0.4, 0.5) is 15.8 Å². The summed E-state index contributed by atoms with van der Waals surface area (Å²) in [6.45, 7) is 3.73. The zero-order valence-electron chi connectivity index (χ0n) is 25.3. The minimum atomic E-state index is -1.40. The summed E-state index contributed by atoms with van der Waals surface area (Å²) in [6.07, 6.45) is 3.39. The Morgan fingerprint density at radius 3 is 2.71 bits per heavy atom. The Morgan fingerprint density at radius 1 is 1.24 bits per heavy atom. The van der Waals surface area contributed by atoms with E-state index in [2.05, 4.69) is 16.7 Å². The number of nitrogens with one attached hydrogen (secondary N) is 3. The lowest BCUT2D eigenvalue weighted by Crippen LogP contribution is -2.72. The third kappa shape index (κ3) is 4.69. The van der Waals surface area contributed by atoms with Crippen LogP contribution in [0.3, 0.4) is 0 Å². The lowest BCUT2D eigenvalue weighted by molar-refractivity contribution is -0.556. The molecular weight excluding hydrogens is 577 g/mol. The first-order valence-corrected chi connectivity index (χ1v) is 15.1. The number of carbonyl (C=O) groups excluding carboxylic acids is 4. The first-order chi connectivity index (χ1) is 21.5. The van der Waals surface area contributed by atoms with Gasteiger partial charge in [-0.05, 0) is 48.1 Å². The van der Waals surface area contributed by atoms with Gasteiger partial charge in [-0.3, -0.25) is 29.5 Å². The van der Waals surface area contributed by atoms with E-state index in [1.807, 2.05) is 26.0 Å². The second-order valence-corrected chi connectivity index (χ2v) is 12.7. The molecule has 12 heteroatoms. The second-order valence-electron chi connectivity index (χ2n) is 12.7. The molecule has 1 saturated heterocycles. The predicted octanol–water partition coefficient (Wildman–Crippen LogP) is 1.67. The molecule has 2 aromatic carbocycles. The van der Waals surface area contributed by atoms with Crippen LogP contribution in [0.15, 0.2) is 54.7 Å². The zero-order chi connectivity index (χ0) is 32.3. The molecule has 2 unspecified atom stereocenters. The quantitative estimate of drug-likeness (QED) is 0.333. The number of nitrogens with zero attached hydrogens (tertiary/aromatic N) is 3. The molecule has 232 valence electrons. The first-order valence-electron chi connectivity index (χ1n) is 15.1. The van der Waals surface area contributed by atoms with Crippen LogP contribution >= 0.6 is 0 Å². The molecule has 45 heavy (non-hydrogen) atoms. The molecule has 5 atom stereocenters. The number of hydrogen-bond donors (Lipinski definition) is 4. The number of nitrogens with two attached hydrogens (primary N) is 1. The monoisotopic (exact) mass is 612 g/mol. The molecular formula is C33H35FN7O4+. The van der Waals surface area contributed by atoms with Crippen LogP contribution in [0.5, 0.6) is 0 Å². The molecule has 6 rings (SSSR count). The van der Waals surface area contributed by atoms with E-state index in [1.54, 1.807) is 36.8 Å². The molecule has 2 aromatic rings. The number of likely N-dealkylation sites (tertiary alicyclic amines) is 1. The number of nitriles is 1. The molecule has 0 radical (unpaired) electrons. The van der Waals surface area contributed by atoms with Gasteiger partial charge in [0.05, 0.1) is 30.4 Å². The molecule has 0 aromatic heterocycles. The van der Waals surface area contributed by atoms with Crippen molar-refractivity contribution in [3.8, 4) is 6.07 Å². The summed E-state index contributed by atoms with van der Waals surface area (Å²) in [5.41, 5.74) is -0.649. The number of carbonyl (C=O) groups is 4. The average Bonchev–Trinajstić information content (AvgIpc) is 3.50. The van der Waals surface area contributed by atoms with Gasteiger partial charge < -0.3 is 20.9 Å². The van der Waals surface area contributed by atoms with Crippen molar-refractivity contribution in [3.05, 3.63) is 71.7 Å². The number of amides is 4. The number of quaternary nitrogens is 1. The van der Waals surface area contributed by atoms with Gasteiger partial charge in [-0.15, -0.1) is 0 Å². The molecule has 5 N–H and O–H groups in total. The Balaban J connectivity index is 1.40. The summed E-state index contributed by atoms with van der Waals surface area (Å²) in [7, 11) is 1.75. The standard InChI is InChI=1S/C33H34FN7O4/c1-18(2)12-27(29(43)40-17-32(14-20(40)16-35)22-6-4-5-7-25(22)38-30(32)44)41-26-13-19(34)8-9-21(26)23-15-33(23,31(41)45)39-28(42)24(36)10-11-37-3/h4-11,13,18,20,23,27,36-37H,12,14-15,17H2,1-3H3,(H,38,44)(H,39,42)/p+1/b11-10-,36-24?/t20-,23?,27-,32-,33?/m0/s1. The van der Waals surface area contributed by atoms with Crippen molar-refractivity contribution in [2.24, 2.45) is 5.92 Å². The van der Waals surface area contributed by atoms with E-state index in [1.165, 1.54) is 28.0 Å². The minimum absolute atomic E-state index is 0.0536. The van der Waals surface area contributed by atoms with Gasteiger partial charge in [0.15, 0.2) is 0 Å². The number of anilines is 2. The molecule has 0 bridgehead atoms. The summed E-state index contributed by atoms with van der Waals surface area (Å²) in [5, 5.41) is 25.7. The summed E-state index contributed by atoms with van der Waals surface area (Å²) in [6, 6.07) is 11.4. The third-order valence-corrected chi connectivity index (χ3v) is 9.43. The van der Waals surface area contributed by atoms with Crippen molar-refractivity contribution in [2.75, 3.05) is 23.8 Å². The van der Waals surface area contributed by atoms with Crippen molar-refractivity contribution in [3.63, 3.8) is 0 Å². The topological polar surface area (TPSA) is 163 Å². The summed E-state index contributed by atoms with van der Waals surface area (Å²) in [4.78, 5) is 58.2. The van der Waals surface area contributed by atoms with E-state index in [0.717, 1.165) is 0 Å². The third-order valence-electron chi connectivity index (χ3n) is 9.43. The number of hydrogen-bond acceptors (Lipinski definition) is 6. The van der Waals surface area contributed by atoms with Crippen LogP contribution in [0, 0.1) is 28.5 Å². The Morgan fingerprint density at radius 2 is 2.00 bits per heavy atom. The van der Waals surface area contributed by atoms with E-state index in [4.69, 9.17) is 5.41 Å². The highest BCUT2D eigenvalue weighted by Crippen LogP contribution is 2.59. The maximum Gasteiger partial charge on any atom is 0.270 e. The van der Waals surface area contributed by atoms with Gasteiger partial charge in [0.25, 0.3) is 11.8 Å². The molecule has 1 aliphatic carbocycles. The molecule has 4 amide bonds. The van der Waals surface area contributed by atoms with Crippen LogP contribution < -0.4 is 20.9 Å². The van der Waals surface area contributed by atoms with E-state index >= 15 is 0 Å². The summed E-state index contributed by atoms with van der Waals surface area (Å²) >= 11 is 0. The Bertz CT molecular complexity index is 1720.